The molecular weight excluding hydrogens is 224 g/mol. The monoisotopic (exact) mass is 248 g/mol. The number of ether oxygens (including phenoxy) is 4. The number of hydrogen-bond donors (Lipinski definition) is 1. The van der Waals surface area contributed by atoms with Crippen molar-refractivity contribution in [3.8, 4) is 0 Å². The molecule has 0 spiro atoms. The van der Waals surface area contributed by atoms with E-state index in [0.717, 1.165) is 25.7 Å². The van der Waals surface area contributed by atoms with E-state index in [4.69, 9.17) is 24.1 Å². The van der Waals surface area contributed by atoms with Crippen LogP contribution < -0.4 is 0 Å². The van der Waals surface area contributed by atoms with Crippen molar-refractivity contribution in [1.29, 1.82) is 0 Å². The number of aliphatic hydroxyl groups is 1. The summed E-state index contributed by atoms with van der Waals surface area (Å²) in [5.41, 5.74) is 0. The van der Waals surface area contributed by atoms with E-state index < -0.39 is 0 Å². The van der Waals surface area contributed by atoms with Crippen molar-refractivity contribution in [2.24, 2.45) is 0 Å². The first-order valence-electron chi connectivity index (χ1n) is 6.29. The van der Waals surface area contributed by atoms with Crippen molar-refractivity contribution < 1.29 is 24.1 Å². The van der Waals surface area contributed by atoms with Gasteiger partial charge in [-0.05, 0) is 12.8 Å². The molecule has 1 saturated heterocycles. The van der Waals surface area contributed by atoms with E-state index in [1.165, 1.54) is 0 Å². The van der Waals surface area contributed by atoms with E-state index >= 15 is 0 Å². The molecule has 5 nitrogen and oxygen atoms in total. The third kappa shape index (κ3) is 7.68. The van der Waals surface area contributed by atoms with Crippen molar-refractivity contribution in [2.45, 2.75) is 37.9 Å². The Morgan fingerprint density at radius 3 is 2.71 bits per heavy atom. The highest BCUT2D eigenvalue weighted by atomic mass is 16.7. The van der Waals surface area contributed by atoms with Crippen molar-refractivity contribution in [2.75, 3.05) is 40.3 Å². The number of unbranched alkanes of at least 4 members (excludes halogenated alkanes) is 2. The molecule has 0 aromatic rings. The summed E-state index contributed by atoms with van der Waals surface area (Å²) in [6.07, 6.45) is 4.75. The number of aliphatic hydroxyl groups excluding tert-OH is 1. The minimum Gasteiger partial charge on any atom is -0.396 e. The first-order chi connectivity index (χ1) is 8.38. The molecule has 1 heterocycles. The Morgan fingerprint density at radius 1 is 1.06 bits per heavy atom. The molecule has 0 amide bonds. The molecule has 102 valence electrons. The number of hydrogen-bond acceptors (Lipinski definition) is 5. The van der Waals surface area contributed by atoms with Crippen molar-refractivity contribution in [1.82, 2.24) is 0 Å². The molecule has 0 bridgehead atoms. The van der Waals surface area contributed by atoms with Crippen LogP contribution in [0.2, 0.25) is 0 Å². The molecule has 0 aromatic carbocycles. The van der Waals surface area contributed by atoms with Crippen molar-refractivity contribution in [3.63, 3.8) is 0 Å². The number of methoxy groups -OCH3 is 1. The second kappa shape index (κ2) is 9.79. The van der Waals surface area contributed by atoms with Gasteiger partial charge < -0.3 is 24.1 Å². The zero-order valence-corrected chi connectivity index (χ0v) is 10.6. The van der Waals surface area contributed by atoms with Gasteiger partial charge in [0.2, 0.25) is 0 Å². The Labute approximate surface area is 103 Å². The van der Waals surface area contributed by atoms with Gasteiger partial charge in [-0.2, -0.15) is 0 Å². The number of epoxide rings is 1. The van der Waals surface area contributed by atoms with Gasteiger partial charge in [-0.1, -0.05) is 12.8 Å². The Kier molecular flexibility index (Phi) is 8.56. The molecule has 1 fully saturated rings. The van der Waals surface area contributed by atoms with E-state index in [-0.39, 0.29) is 12.7 Å². The maximum absolute atomic E-state index is 8.63. The molecular formula is C12H24O5. The zero-order chi connectivity index (χ0) is 12.3. The Morgan fingerprint density at radius 2 is 1.94 bits per heavy atom. The summed E-state index contributed by atoms with van der Waals surface area (Å²) in [4.78, 5) is 0. The van der Waals surface area contributed by atoms with Crippen LogP contribution in [0.3, 0.4) is 0 Å². The van der Waals surface area contributed by atoms with E-state index in [0.29, 0.717) is 32.7 Å². The van der Waals surface area contributed by atoms with Gasteiger partial charge in [0.25, 0.3) is 0 Å². The van der Waals surface area contributed by atoms with Crippen LogP contribution in [0.25, 0.3) is 0 Å². The lowest BCUT2D eigenvalue weighted by Gasteiger charge is -2.03. The summed E-state index contributed by atoms with van der Waals surface area (Å²) in [7, 11) is 1.64. The van der Waals surface area contributed by atoms with Gasteiger partial charge >= 0.3 is 0 Å². The molecule has 1 N–H and O–H groups in total. The van der Waals surface area contributed by atoms with Crippen LogP contribution in [0, 0.1) is 0 Å². The minimum absolute atomic E-state index is 0.246. The second-order valence-electron chi connectivity index (χ2n) is 4.18. The second-order valence-corrected chi connectivity index (χ2v) is 4.18. The normalized spacial score (nSPS) is 22.9. The van der Waals surface area contributed by atoms with E-state index in [2.05, 4.69) is 0 Å². The van der Waals surface area contributed by atoms with Crippen LogP contribution in [0.5, 0.6) is 0 Å². The SMILES string of the molecule is COCCOCOCC1OC1CCCCCO. The van der Waals surface area contributed by atoms with Gasteiger partial charge in [0.15, 0.2) is 0 Å². The molecule has 2 unspecified atom stereocenters. The van der Waals surface area contributed by atoms with Crippen molar-refractivity contribution >= 4 is 0 Å². The fourth-order valence-electron chi connectivity index (χ4n) is 1.64. The third-order valence-electron chi connectivity index (χ3n) is 2.71. The smallest absolute Gasteiger partial charge is 0.146 e. The highest BCUT2D eigenvalue weighted by Gasteiger charge is 2.37. The largest absolute Gasteiger partial charge is 0.396 e. The minimum atomic E-state index is 0.246. The zero-order valence-electron chi connectivity index (χ0n) is 10.6. The molecule has 1 rings (SSSR count). The van der Waals surface area contributed by atoms with Crippen LogP contribution in [0.4, 0.5) is 0 Å². The first-order valence-corrected chi connectivity index (χ1v) is 6.29. The summed E-state index contributed by atoms with van der Waals surface area (Å²) in [5.74, 6) is 0. The molecule has 0 aromatic heterocycles. The summed E-state index contributed by atoms with van der Waals surface area (Å²) in [6.45, 7) is 2.36. The molecule has 0 radical (unpaired) electrons. The Hall–Kier alpha value is -0.200. The molecule has 2 atom stereocenters. The first kappa shape index (κ1) is 14.9. The van der Waals surface area contributed by atoms with Crippen molar-refractivity contribution in [3.05, 3.63) is 0 Å². The molecule has 0 aliphatic carbocycles. The lowest BCUT2D eigenvalue weighted by Crippen LogP contribution is -2.10. The third-order valence-corrected chi connectivity index (χ3v) is 2.71. The highest BCUT2D eigenvalue weighted by Crippen LogP contribution is 2.27. The van der Waals surface area contributed by atoms with Gasteiger partial charge in [-0.25, -0.2) is 0 Å². The average molecular weight is 248 g/mol. The van der Waals surface area contributed by atoms with E-state index in [1.54, 1.807) is 7.11 Å². The summed E-state index contributed by atoms with van der Waals surface area (Å²) < 4.78 is 20.8. The van der Waals surface area contributed by atoms with Crippen LogP contribution >= 0.6 is 0 Å². The molecule has 1 aliphatic rings. The lowest BCUT2D eigenvalue weighted by atomic mass is 10.1. The molecule has 0 saturated carbocycles. The van der Waals surface area contributed by atoms with Crippen LogP contribution in [-0.4, -0.2) is 57.6 Å². The van der Waals surface area contributed by atoms with Crippen LogP contribution in [0.15, 0.2) is 0 Å². The fourth-order valence-corrected chi connectivity index (χ4v) is 1.64. The summed E-state index contributed by atoms with van der Waals surface area (Å²) >= 11 is 0. The highest BCUT2D eigenvalue weighted by molar-refractivity contribution is 4.84. The van der Waals surface area contributed by atoms with Gasteiger partial charge in [0.05, 0.1) is 25.9 Å². The van der Waals surface area contributed by atoms with Gasteiger partial charge in [0, 0.05) is 13.7 Å². The summed E-state index contributed by atoms with van der Waals surface area (Å²) in [5, 5.41) is 8.63. The topological polar surface area (TPSA) is 60.5 Å². The maximum Gasteiger partial charge on any atom is 0.146 e. The predicted molar refractivity (Wildman–Crippen MR) is 62.9 cm³/mol. The van der Waals surface area contributed by atoms with Crippen LogP contribution in [0.1, 0.15) is 25.7 Å². The van der Waals surface area contributed by atoms with Gasteiger partial charge in [-0.15, -0.1) is 0 Å². The molecule has 17 heavy (non-hydrogen) atoms. The van der Waals surface area contributed by atoms with Crippen LogP contribution in [-0.2, 0) is 18.9 Å². The van der Waals surface area contributed by atoms with E-state index in [9.17, 15) is 0 Å². The van der Waals surface area contributed by atoms with Gasteiger partial charge in [-0.3, -0.25) is 0 Å². The Balaban J connectivity index is 1.78. The van der Waals surface area contributed by atoms with Gasteiger partial charge in [0.1, 0.15) is 12.9 Å². The standard InChI is InChI=1S/C12H24O5/c1-14-7-8-15-10-16-9-12-11(17-12)5-3-2-4-6-13/h11-13H,2-10H2,1H3. The predicted octanol–water partition coefficient (Wildman–Crippen LogP) is 0.944. The maximum atomic E-state index is 8.63. The molecule has 1 aliphatic heterocycles. The number of rotatable bonds is 12. The lowest BCUT2D eigenvalue weighted by molar-refractivity contribution is -0.0688. The van der Waals surface area contributed by atoms with E-state index in [1.807, 2.05) is 0 Å². The average Bonchev–Trinajstić information content (AvgIpc) is 3.08. The Bertz CT molecular complexity index is 176. The molecule has 5 heteroatoms. The quantitative estimate of drug-likeness (QED) is 0.316. The fraction of sp³-hybridized carbons (Fsp3) is 1.00. The summed E-state index contributed by atoms with van der Waals surface area (Å²) in [6, 6.07) is 0.